The molecule has 0 saturated carbocycles. The van der Waals surface area contributed by atoms with Crippen molar-refractivity contribution in [2.24, 2.45) is 29.4 Å². The Balaban J connectivity index is 1.93. The molecule has 72 heavy (non-hydrogen) atoms. The van der Waals surface area contributed by atoms with E-state index in [0.717, 1.165) is 25.7 Å². The fourth-order valence-corrected chi connectivity index (χ4v) is 9.35. The SMILES string of the molecule is CC[C@H](C)[C@@H]([C@@H](CC(=O)N1CCC[C@H]1[C@H](OC)[C@@H](C)C(=S)NCCc1ccccc1)OC)N(C)C(=O)[C@@H](NC(=O)[C@H](C(C)C)N(C)C(=O)CCOCCOCCOCCOCCOCCOCCN)C(C)C. The summed E-state index contributed by atoms with van der Waals surface area (Å²) < 4.78 is 45.1. The smallest absolute Gasteiger partial charge is 0.245 e. The van der Waals surface area contributed by atoms with E-state index in [1.165, 1.54) is 10.5 Å². The van der Waals surface area contributed by atoms with Crippen molar-refractivity contribution in [1.82, 2.24) is 25.3 Å². The summed E-state index contributed by atoms with van der Waals surface area (Å²) in [6.45, 7) is 20.4. The number of carbonyl (C=O) groups excluding carboxylic acids is 4. The molecular formula is C53H94N6O12S. The van der Waals surface area contributed by atoms with Gasteiger partial charge in [-0.2, -0.15) is 0 Å². The third kappa shape index (κ3) is 23.0. The Bertz CT molecular complexity index is 1670. The van der Waals surface area contributed by atoms with Gasteiger partial charge in [-0.05, 0) is 42.6 Å². The average molecular weight is 1040 g/mol. The highest BCUT2D eigenvalue weighted by Gasteiger charge is 2.43. The molecule has 414 valence electrons. The summed E-state index contributed by atoms with van der Waals surface area (Å²) in [5, 5.41) is 6.43. The van der Waals surface area contributed by atoms with Crippen molar-refractivity contribution < 1.29 is 57.1 Å². The first-order valence-electron chi connectivity index (χ1n) is 26.2. The van der Waals surface area contributed by atoms with Gasteiger partial charge in [0.05, 0.1) is 121 Å². The molecule has 1 saturated heterocycles. The number of rotatable bonds is 40. The number of methoxy groups -OCH3 is 2. The molecule has 18 nitrogen and oxygen atoms in total. The minimum atomic E-state index is -0.908. The van der Waals surface area contributed by atoms with Gasteiger partial charge in [0.2, 0.25) is 23.6 Å². The molecule has 4 amide bonds. The van der Waals surface area contributed by atoms with Crippen molar-refractivity contribution in [3.05, 3.63) is 35.9 Å². The summed E-state index contributed by atoms with van der Waals surface area (Å²) in [7, 11) is 6.58. The molecule has 0 spiro atoms. The summed E-state index contributed by atoms with van der Waals surface area (Å²) in [4.78, 5) is 62.2. The van der Waals surface area contributed by atoms with Gasteiger partial charge in [-0.1, -0.05) is 97.4 Å². The fourth-order valence-electron chi connectivity index (χ4n) is 9.12. The summed E-state index contributed by atoms with van der Waals surface area (Å²) in [6, 6.07) is 7.83. The predicted molar refractivity (Wildman–Crippen MR) is 284 cm³/mol. The van der Waals surface area contributed by atoms with E-state index >= 15 is 0 Å². The van der Waals surface area contributed by atoms with E-state index in [9.17, 15) is 19.2 Å². The van der Waals surface area contributed by atoms with Crippen LogP contribution in [0.15, 0.2) is 30.3 Å². The van der Waals surface area contributed by atoms with Crippen LogP contribution in [0.1, 0.15) is 86.1 Å². The zero-order chi connectivity index (χ0) is 53.4. The number of thiocarbonyl (C=S) groups is 1. The van der Waals surface area contributed by atoms with Crippen LogP contribution in [0.25, 0.3) is 0 Å². The highest BCUT2D eigenvalue weighted by Crippen LogP contribution is 2.30. The Morgan fingerprint density at radius 1 is 0.764 bits per heavy atom. The molecule has 4 N–H and O–H groups in total. The lowest BCUT2D eigenvalue weighted by molar-refractivity contribution is -0.148. The number of nitrogens with one attached hydrogen (secondary N) is 2. The van der Waals surface area contributed by atoms with Gasteiger partial charge in [-0.3, -0.25) is 19.2 Å². The first-order valence-corrected chi connectivity index (χ1v) is 26.6. The minimum Gasteiger partial charge on any atom is -0.379 e. The Kier molecular flexibility index (Phi) is 33.6. The van der Waals surface area contributed by atoms with E-state index < -0.39 is 30.1 Å². The number of benzene rings is 1. The van der Waals surface area contributed by atoms with E-state index in [2.05, 4.69) is 22.8 Å². The number of ether oxygens (including phenoxy) is 8. The van der Waals surface area contributed by atoms with Gasteiger partial charge in [0, 0.05) is 53.9 Å². The van der Waals surface area contributed by atoms with Crippen molar-refractivity contribution in [2.75, 3.05) is 127 Å². The van der Waals surface area contributed by atoms with Gasteiger partial charge in [0.1, 0.15) is 12.1 Å². The largest absolute Gasteiger partial charge is 0.379 e. The molecule has 2 rings (SSSR count). The normalized spacial score (nSPS) is 16.8. The lowest BCUT2D eigenvalue weighted by atomic mass is 9.89. The quantitative estimate of drug-likeness (QED) is 0.0625. The number of likely N-dealkylation sites (N-methyl/N-ethyl adjacent to an activating group) is 2. The van der Waals surface area contributed by atoms with Gasteiger partial charge >= 0.3 is 0 Å². The van der Waals surface area contributed by atoms with Gasteiger partial charge in [-0.15, -0.1) is 0 Å². The van der Waals surface area contributed by atoms with Crippen molar-refractivity contribution in [2.45, 2.75) is 123 Å². The Labute approximate surface area is 437 Å². The van der Waals surface area contributed by atoms with Crippen molar-refractivity contribution >= 4 is 40.8 Å². The van der Waals surface area contributed by atoms with Crippen LogP contribution in [0.4, 0.5) is 0 Å². The van der Waals surface area contributed by atoms with E-state index in [1.807, 2.05) is 71.6 Å². The molecule has 19 heteroatoms. The lowest BCUT2D eigenvalue weighted by Crippen LogP contribution is -2.60. The van der Waals surface area contributed by atoms with Crippen molar-refractivity contribution in [3.8, 4) is 0 Å². The highest BCUT2D eigenvalue weighted by atomic mass is 32.1. The Morgan fingerprint density at radius 3 is 1.79 bits per heavy atom. The number of nitrogens with two attached hydrogens (primary N) is 1. The average Bonchev–Trinajstić information content (AvgIpc) is 3.85. The number of hydrogen-bond acceptors (Lipinski definition) is 14. The van der Waals surface area contributed by atoms with Crippen LogP contribution in [0.2, 0.25) is 0 Å². The maximum atomic E-state index is 14.6. The zero-order valence-electron chi connectivity index (χ0n) is 45.7. The van der Waals surface area contributed by atoms with Crippen LogP contribution in [0.5, 0.6) is 0 Å². The summed E-state index contributed by atoms with van der Waals surface area (Å²) in [5.41, 5.74) is 6.60. The van der Waals surface area contributed by atoms with Crippen molar-refractivity contribution in [1.29, 1.82) is 0 Å². The van der Waals surface area contributed by atoms with Crippen molar-refractivity contribution in [3.63, 3.8) is 0 Å². The standard InChI is InChI=1S/C53H94N6O12S/c1-12-40(6)49(44(64-10)37-46(61)59-24-16-19-43(59)50(65-11)41(7)52(72)55-23-20-42-17-14-13-15-18-42)58(9)53(63)47(38(2)3)56-51(62)48(39(4)5)57(8)45(60)21-25-66-27-29-68-31-33-70-35-36-71-34-32-69-30-28-67-26-22-54/h13-15,17-18,38-41,43-44,47-50H,12,16,19-37,54H2,1-11H3,(H,55,72)(H,56,62)/t40-,41+,43-,44+,47-,48-,49-,50+/m0/s1. The molecule has 0 unspecified atom stereocenters. The Hall–Kier alpha value is -3.37. The van der Waals surface area contributed by atoms with Gasteiger partial charge < -0.3 is 69.0 Å². The molecule has 1 heterocycles. The second-order valence-corrected chi connectivity index (χ2v) is 19.7. The van der Waals surface area contributed by atoms with Crippen LogP contribution in [-0.2, 0) is 63.5 Å². The fraction of sp³-hybridized carbons (Fsp3) is 0.792. The number of amides is 4. The zero-order valence-corrected chi connectivity index (χ0v) is 46.6. The van der Waals surface area contributed by atoms with E-state index in [1.54, 1.807) is 33.2 Å². The van der Waals surface area contributed by atoms with Crippen LogP contribution >= 0.6 is 12.2 Å². The first kappa shape index (κ1) is 64.7. The Morgan fingerprint density at radius 2 is 1.31 bits per heavy atom. The topological polar surface area (TPSA) is 202 Å². The molecule has 0 bridgehead atoms. The van der Waals surface area contributed by atoms with Crippen LogP contribution in [-0.4, -0.2) is 207 Å². The maximum Gasteiger partial charge on any atom is 0.245 e. The molecule has 1 aromatic rings. The number of nitrogens with zero attached hydrogens (tertiary/aromatic N) is 3. The van der Waals surface area contributed by atoms with Crippen LogP contribution in [0.3, 0.4) is 0 Å². The van der Waals surface area contributed by atoms with Gasteiger partial charge in [0.15, 0.2) is 0 Å². The third-order valence-corrected chi connectivity index (χ3v) is 13.9. The highest BCUT2D eigenvalue weighted by molar-refractivity contribution is 7.80. The molecule has 1 aliphatic heterocycles. The van der Waals surface area contributed by atoms with E-state index in [-0.39, 0.29) is 73.0 Å². The first-order chi connectivity index (χ1) is 34.5. The summed E-state index contributed by atoms with van der Waals surface area (Å²) in [5.74, 6) is -1.80. The number of likely N-dealkylation sites (tertiary alicyclic amines) is 1. The third-order valence-electron chi connectivity index (χ3n) is 13.3. The second-order valence-electron chi connectivity index (χ2n) is 19.3. The van der Waals surface area contributed by atoms with Gasteiger partial charge in [-0.25, -0.2) is 0 Å². The monoisotopic (exact) mass is 1040 g/mol. The second kappa shape index (κ2) is 37.4. The molecule has 0 aliphatic carbocycles. The summed E-state index contributed by atoms with van der Waals surface area (Å²) >= 11 is 5.85. The summed E-state index contributed by atoms with van der Waals surface area (Å²) in [6.07, 6.45) is 2.35. The number of hydrogen-bond donors (Lipinski definition) is 3. The molecule has 1 aliphatic rings. The van der Waals surface area contributed by atoms with E-state index in [0.29, 0.717) is 97.3 Å². The molecular weight excluding hydrogens is 945 g/mol. The number of carbonyl (C=O) groups is 4. The molecule has 1 aromatic carbocycles. The molecule has 0 radical (unpaired) electrons. The molecule has 0 aromatic heterocycles. The van der Waals surface area contributed by atoms with Crippen LogP contribution in [0, 0.1) is 23.7 Å². The van der Waals surface area contributed by atoms with Crippen LogP contribution < -0.4 is 16.4 Å². The van der Waals surface area contributed by atoms with Gasteiger partial charge in [0.25, 0.3) is 0 Å². The minimum absolute atomic E-state index is 0.0539. The molecule has 1 fully saturated rings. The molecule has 8 atom stereocenters. The predicted octanol–water partition coefficient (Wildman–Crippen LogP) is 4.14. The van der Waals surface area contributed by atoms with E-state index in [4.69, 9.17) is 55.8 Å². The lowest BCUT2D eigenvalue weighted by Gasteiger charge is -2.41. The maximum absolute atomic E-state index is 14.6.